The van der Waals surface area contributed by atoms with E-state index in [0.29, 0.717) is 0 Å². The summed E-state index contributed by atoms with van der Waals surface area (Å²) >= 11 is 0. The summed E-state index contributed by atoms with van der Waals surface area (Å²) in [5.74, 6) is -6.28. The summed E-state index contributed by atoms with van der Waals surface area (Å²) in [6.45, 7) is 1.14. The first-order valence-electron chi connectivity index (χ1n) is 4.68. The molecule has 1 rings (SSSR count). The fourth-order valence-corrected chi connectivity index (χ4v) is 1.26. The van der Waals surface area contributed by atoms with E-state index in [4.69, 9.17) is 5.11 Å². The number of carboxylic acid groups (broad SMARTS) is 1. The summed E-state index contributed by atoms with van der Waals surface area (Å²) in [6.07, 6.45) is 0. The molecule has 0 aromatic heterocycles. The van der Waals surface area contributed by atoms with Crippen molar-refractivity contribution in [2.24, 2.45) is 5.92 Å². The van der Waals surface area contributed by atoms with Crippen LogP contribution < -0.4 is 4.74 Å². The molecule has 4 nitrogen and oxygen atoms in total. The summed E-state index contributed by atoms with van der Waals surface area (Å²) in [5, 5.41) is 8.62. The number of carbonyl (C=O) groups excluding carboxylic acids is 1. The van der Waals surface area contributed by atoms with Gasteiger partial charge in [-0.3, -0.25) is 9.59 Å². The Morgan fingerprint density at radius 2 is 1.76 bits per heavy atom. The highest BCUT2D eigenvalue weighted by molar-refractivity contribution is 6.07. The zero-order chi connectivity index (χ0) is 13.2. The van der Waals surface area contributed by atoms with E-state index in [1.807, 2.05) is 0 Å². The number of hydrogen-bond acceptors (Lipinski definition) is 3. The molecular weight excluding hydrogens is 234 g/mol. The molecule has 0 fully saturated rings. The van der Waals surface area contributed by atoms with Crippen molar-refractivity contribution in [1.82, 2.24) is 0 Å². The maximum Gasteiger partial charge on any atom is 0.314 e. The second kappa shape index (κ2) is 4.90. The van der Waals surface area contributed by atoms with E-state index in [1.54, 1.807) is 0 Å². The van der Waals surface area contributed by atoms with E-state index in [2.05, 4.69) is 4.74 Å². The highest BCUT2D eigenvalue weighted by Gasteiger charge is 2.24. The van der Waals surface area contributed by atoms with E-state index in [9.17, 15) is 18.4 Å². The molecule has 1 aromatic carbocycles. The third-order valence-electron chi connectivity index (χ3n) is 2.25. The Balaban J connectivity index is 3.17. The van der Waals surface area contributed by atoms with E-state index in [0.717, 1.165) is 26.2 Å². The Bertz CT molecular complexity index is 448. The molecule has 17 heavy (non-hydrogen) atoms. The third-order valence-corrected chi connectivity index (χ3v) is 2.25. The maximum atomic E-state index is 13.3. The molecule has 0 heterocycles. The van der Waals surface area contributed by atoms with Gasteiger partial charge in [0.25, 0.3) is 0 Å². The Morgan fingerprint density at radius 3 is 2.12 bits per heavy atom. The van der Waals surface area contributed by atoms with Gasteiger partial charge >= 0.3 is 5.97 Å². The van der Waals surface area contributed by atoms with Crippen molar-refractivity contribution >= 4 is 11.8 Å². The first-order valence-corrected chi connectivity index (χ1v) is 4.68. The van der Waals surface area contributed by atoms with Crippen molar-refractivity contribution in [2.45, 2.75) is 6.92 Å². The Labute approximate surface area is 95.8 Å². The van der Waals surface area contributed by atoms with Crippen LogP contribution in [0.25, 0.3) is 0 Å². The fourth-order valence-electron chi connectivity index (χ4n) is 1.26. The topological polar surface area (TPSA) is 63.6 Å². The van der Waals surface area contributed by atoms with Crippen LogP contribution >= 0.6 is 0 Å². The first-order chi connectivity index (χ1) is 7.88. The number of Topliss-reactive ketones (excluding diaryl/α,β-unsaturated/α-hetero) is 1. The number of rotatable bonds is 4. The van der Waals surface area contributed by atoms with Gasteiger partial charge in [-0.2, -0.15) is 0 Å². The zero-order valence-electron chi connectivity index (χ0n) is 9.16. The van der Waals surface area contributed by atoms with Crippen molar-refractivity contribution in [3.05, 3.63) is 29.3 Å². The molecule has 1 unspecified atom stereocenters. The molecule has 0 aliphatic carbocycles. The summed E-state index contributed by atoms with van der Waals surface area (Å²) in [5.41, 5.74) is -0.337. The van der Waals surface area contributed by atoms with E-state index in [-0.39, 0.29) is 5.56 Å². The minimum absolute atomic E-state index is 0.337. The average Bonchev–Trinajstić information content (AvgIpc) is 2.26. The predicted molar refractivity (Wildman–Crippen MR) is 54.0 cm³/mol. The van der Waals surface area contributed by atoms with Crippen LogP contribution in [0.15, 0.2) is 12.1 Å². The smallest absolute Gasteiger partial charge is 0.314 e. The number of hydrogen-bond donors (Lipinski definition) is 1. The molecule has 1 atom stereocenters. The van der Waals surface area contributed by atoms with Gasteiger partial charge in [-0.25, -0.2) is 8.78 Å². The van der Waals surface area contributed by atoms with Gasteiger partial charge in [-0.15, -0.1) is 0 Å². The van der Waals surface area contributed by atoms with Crippen LogP contribution in [0.4, 0.5) is 8.78 Å². The van der Waals surface area contributed by atoms with Gasteiger partial charge in [-0.1, -0.05) is 0 Å². The molecule has 0 amide bonds. The van der Waals surface area contributed by atoms with Crippen LogP contribution in [0.3, 0.4) is 0 Å². The van der Waals surface area contributed by atoms with Crippen molar-refractivity contribution < 1.29 is 28.2 Å². The van der Waals surface area contributed by atoms with Crippen LogP contribution in [-0.4, -0.2) is 24.0 Å². The monoisotopic (exact) mass is 244 g/mol. The number of carbonyl (C=O) groups is 2. The second-order valence-electron chi connectivity index (χ2n) is 3.40. The van der Waals surface area contributed by atoms with Crippen molar-refractivity contribution in [2.75, 3.05) is 7.11 Å². The number of benzene rings is 1. The minimum Gasteiger partial charge on any atom is -0.491 e. The third kappa shape index (κ3) is 2.58. The summed E-state index contributed by atoms with van der Waals surface area (Å²) in [7, 11) is 1.09. The lowest BCUT2D eigenvalue weighted by Gasteiger charge is -2.08. The molecule has 1 N–H and O–H groups in total. The minimum atomic E-state index is -1.36. The predicted octanol–water partition coefficient (Wildman–Crippen LogP) is 1.88. The Morgan fingerprint density at radius 1 is 1.29 bits per heavy atom. The number of ether oxygens (including phenoxy) is 1. The van der Waals surface area contributed by atoms with Crippen molar-refractivity contribution in [3.63, 3.8) is 0 Å². The number of ketones is 1. The standard InChI is InChI=1S/C11H10F2O4/c1-5(11(15)16)9(14)6-3-7(12)10(17-2)8(13)4-6/h3-5H,1-2H3,(H,15,16). The molecule has 92 valence electrons. The van der Waals surface area contributed by atoms with Crippen LogP contribution in [0.1, 0.15) is 17.3 Å². The molecule has 6 heteroatoms. The normalized spacial score (nSPS) is 12.0. The van der Waals surface area contributed by atoms with Gasteiger partial charge in [0.2, 0.25) is 0 Å². The molecule has 0 radical (unpaired) electrons. The quantitative estimate of drug-likeness (QED) is 0.648. The van der Waals surface area contributed by atoms with Gasteiger partial charge in [0.15, 0.2) is 23.2 Å². The lowest BCUT2D eigenvalue weighted by atomic mass is 9.99. The van der Waals surface area contributed by atoms with Gasteiger partial charge in [0.1, 0.15) is 5.92 Å². The van der Waals surface area contributed by atoms with E-state index in [1.165, 1.54) is 0 Å². The van der Waals surface area contributed by atoms with Gasteiger partial charge in [-0.05, 0) is 19.1 Å². The zero-order valence-corrected chi connectivity index (χ0v) is 9.16. The lowest BCUT2D eigenvalue weighted by Crippen LogP contribution is -2.21. The fraction of sp³-hybridized carbons (Fsp3) is 0.273. The molecular formula is C11H10F2O4. The molecule has 0 aliphatic rings. The lowest BCUT2D eigenvalue weighted by molar-refractivity contribution is -0.139. The number of aliphatic carboxylic acids is 1. The number of halogens is 2. The highest BCUT2D eigenvalue weighted by atomic mass is 19.1. The largest absolute Gasteiger partial charge is 0.491 e. The number of carboxylic acids is 1. The van der Waals surface area contributed by atoms with Gasteiger partial charge < -0.3 is 9.84 Å². The van der Waals surface area contributed by atoms with Crippen LogP contribution in [0.5, 0.6) is 5.75 Å². The molecule has 0 aliphatic heterocycles. The Kier molecular flexibility index (Phi) is 3.77. The van der Waals surface area contributed by atoms with Gasteiger partial charge in [0, 0.05) is 5.56 Å². The van der Waals surface area contributed by atoms with Crippen molar-refractivity contribution in [3.8, 4) is 5.75 Å². The van der Waals surface area contributed by atoms with Gasteiger partial charge in [0.05, 0.1) is 7.11 Å². The molecule has 1 aromatic rings. The average molecular weight is 244 g/mol. The molecule has 0 spiro atoms. The van der Waals surface area contributed by atoms with E-state index < -0.39 is 35.1 Å². The molecule has 0 saturated heterocycles. The number of methoxy groups -OCH3 is 1. The van der Waals surface area contributed by atoms with Crippen LogP contribution in [0.2, 0.25) is 0 Å². The Hall–Kier alpha value is -1.98. The van der Waals surface area contributed by atoms with Crippen LogP contribution in [0, 0.1) is 17.6 Å². The summed E-state index contributed by atoms with van der Waals surface area (Å²) in [6, 6.07) is 1.51. The molecule has 0 bridgehead atoms. The highest BCUT2D eigenvalue weighted by Crippen LogP contribution is 2.24. The second-order valence-corrected chi connectivity index (χ2v) is 3.40. The summed E-state index contributed by atoms with van der Waals surface area (Å²) in [4.78, 5) is 22.1. The maximum absolute atomic E-state index is 13.3. The van der Waals surface area contributed by atoms with Crippen LogP contribution in [-0.2, 0) is 4.79 Å². The van der Waals surface area contributed by atoms with E-state index >= 15 is 0 Å². The molecule has 0 saturated carbocycles. The first kappa shape index (κ1) is 13.1. The van der Waals surface area contributed by atoms with Crippen molar-refractivity contribution in [1.29, 1.82) is 0 Å². The SMILES string of the molecule is COc1c(F)cc(C(=O)C(C)C(=O)O)cc1F. The summed E-state index contributed by atoms with van der Waals surface area (Å²) < 4.78 is 31.0.